The highest BCUT2D eigenvalue weighted by molar-refractivity contribution is 6.44. The van der Waals surface area contributed by atoms with Gasteiger partial charge in [0.15, 0.2) is 0 Å². The molecule has 1 aliphatic rings. The number of amides is 1. The summed E-state index contributed by atoms with van der Waals surface area (Å²) in [5.41, 5.74) is 3.69. The van der Waals surface area contributed by atoms with E-state index in [9.17, 15) is 9.59 Å². The number of halogens is 2. The van der Waals surface area contributed by atoms with Gasteiger partial charge in [0.05, 0.1) is 34.0 Å². The second-order valence-electron chi connectivity index (χ2n) is 7.02. The number of aromatic nitrogens is 1. The van der Waals surface area contributed by atoms with Crippen LogP contribution in [0.2, 0.25) is 10.0 Å². The van der Waals surface area contributed by atoms with E-state index in [4.69, 9.17) is 32.7 Å². The fourth-order valence-corrected chi connectivity index (χ4v) is 4.01. The number of methoxy groups -OCH3 is 1. The number of aryl methyl sites for hydroxylation is 1. The topological polar surface area (TPSA) is 80.4 Å². The highest BCUT2D eigenvalue weighted by Gasteiger charge is 2.28. The van der Waals surface area contributed by atoms with E-state index in [0.29, 0.717) is 28.6 Å². The predicted molar refractivity (Wildman–Crippen MR) is 117 cm³/mol. The molecule has 0 spiro atoms. The fourth-order valence-electron chi connectivity index (χ4n) is 3.59. The number of hydrogen-bond acceptors (Lipinski definition) is 4. The monoisotopic (exact) mass is 450 g/mol. The highest BCUT2D eigenvalue weighted by Crippen LogP contribution is 2.34. The van der Waals surface area contributed by atoms with Crippen LogP contribution in [0.25, 0.3) is 5.57 Å². The molecule has 6 nitrogen and oxygen atoms in total. The van der Waals surface area contributed by atoms with Crippen LogP contribution < -0.4 is 5.32 Å². The van der Waals surface area contributed by atoms with Gasteiger partial charge in [-0.05, 0) is 56.4 Å². The standard InChI is InChI=1S/C22H24Cl2N2O4/c1-4-30-22(28)14-8-5-7-13(11-14)15-9-6-10-16(29-3)19(15)26-21(27)20-18(24)17(23)12(2)25-20/h5,7-8,11,16,25H,4,6,9-10H2,1-3H3,(H,26,27). The first kappa shape index (κ1) is 22.4. The molecular formula is C22H24Cl2N2O4. The van der Waals surface area contributed by atoms with Gasteiger partial charge in [-0.15, -0.1) is 0 Å². The van der Waals surface area contributed by atoms with Crippen molar-refractivity contribution in [3.8, 4) is 0 Å². The van der Waals surface area contributed by atoms with Gasteiger partial charge in [-0.25, -0.2) is 4.79 Å². The third-order valence-corrected chi connectivity index (χ3v) is 6.02. The Kier molecular flexibility index (Phi) is 7.23. The zero-order chi connectivity index (χ0) is 21.8. The minimum Gasteiger partial charge on any atom is -0.462 e. The van der Waals surface area contributed by atoms with Crippen LogP contribution in [-0.2, 0) is 9.47 Å². The van der Waals surface area contributed by atoms with E-state index in [2.05, 4.69) is 10.3 Å². The first-order valence-corrected chi connectivity index (χ1v) is 10.5. The zero-order valence-corrected chi connectivity index (χ0v) is 18.6. The maximum absolute atomic E-state index is 12.9. The quantitative estimate of drug-likeness (QED) is 0.596. The lowest BCUT2D eigenvalue weighted by molar-refractivity contribution is 0.0526. The van der Waals surface area contributed by atoms with Gasteiger partial charge in [0.1, 0.15) is 5.69 Å². The SMILES string of the molecule is CCOC(=O)c1cccc(C2=C(NC(=O)c3[nH]c(C)c(Cl)c3Cl)C(OC)CCC2)c1. The molecule has 2 aromatic rings. The lowest BCUT2D eigenvalue weighted by Crippen LogP contribution is -2.34. The predicted octanol–water partition coefficient (Wildman–Crippen LogP) is 5.15. The molecule has 1 aromatic heterocycles. The molecule has 3 rings (SSSR count). The van der Waals surface area contributed by atoms with Crippen molar-refractivity contribution in [3.63, 3.8) is 0 Å². The number of hydrogen-bond donors (Lipinski definition) is 2. The Morgan fingerprint density at radius 2 is 2.03 bits per heavy atom. The summed E-state index contributed by atoms with van der Waals surface area (Å²) in [5.74, 6) is -0.777. The van der Waals surface area contributed by atoms with Gasteiger partial charge < -0.3 is 19.8 Å². The summed E-state index contributed by atoms with van der Waals surface area (Å²) in [6.07, 6.45) is 2.12. The number of allylic oxidation sites excluding steroid dienone is 1. The van der Waals surface area contributed by atoms with Crippen molar-refractivity contribution >= 4 is 40.7 Å². The number of rotatable bonds is 6. The minimum absolute atomic E-state index is 0.183. The molecule has 1 heterocycles. The Labute approximate surface area is 185 Å². The van der Waals surface area contributed by atoms with Crippen molar-refractivity contribution in [1.82, 2.24) is 10.3 Å². The van der Waals surface area contributed by atoms with Gasteiger partial charge in [0.25, 0.3) is 5.91 Å². The van der Waals surface area contributed by atoms with Crippen molar-refractivity contribution < 1.29 is 19.1 Å². The molecular weight excluding hydrogens is 427 g/mol. The lowest BCUT2D eigenvalue weighted by Gasteiger charge is -2.28. The van der Waals surface area contributed by atoms with Crippen LogP contribution in [0.15, 0.2) is 30.0 Å². The molecule has 160 valence electrons. The summed E-state index contributed by atoms with van der Waals surface area (Å²) in [7, 11) is 1.61. The summed E-state index contributed by atoms with van der Waals surface area (Å²) < 4.78 is 10.7. The molecule has 1 aliphatic carbocycles. The van der Waals surface area contributed by atoms with E-state index in [1.165, 1.54) is 0 Å². The molecule has 30 heavy (non-hydrogen) atoms. The van der Waals surface area contributed by atoms with Crippen molar-refractivity contribution in [2.24, 2.45) is 0 Å². The van der Waals surface area contributed by atoms with Crippen LogP contribution in [0.3, 0.4) is 0 Å². The van der Waals surface area contributed by atoms with Crippen molar-refractivity contribution in [3.05, 3.63) is 62.5 Å². The number of H-pyrrole nitrogens is 1. The lowest BCUT2D eigenvalue weighted by atomic mass is 9.88. The zero-order valence-electron chi connectivity index (χ0n) is 17.1. The van der Waals surface area contributed by atoms with E-state index < -0.39 is 5.91 Å². The smallest absolute Gasteiger partial charge is 0.338 e. The van der Waals surface area contributed by atoms with E-state index >= 15 is 0 Å². The summed E-state index contributed by atoms with van der Waals surface area (Å²) >= 11 is 12.3. The van der Waals surface area contributed by atoms with E-state index in [0.717, 1.165) is 30.4 Å². The van der Waals surface area contributed by atoms with Crippen molar-refractivity contribution in [2.75, 3.05) is 13.7 Å². The van der Waals surface area contributed by atoms with Gasteiger partial charge in [-0.2, -0.15) is 0 Å². The first-order chi connectivity index (χ1) is 14.4. The molecule has 1 aromatic carbocycles. The molecule has 1 unspecified atom stereocenters. The number of aromatic amines is 1. The average Bonchev–Trinajstić information content (AvgIpc) is 3.01. The van der Waals surface area contributed by atoms with Gasteiger partial charge in [0.2, 0.25) is 0 Å². The molecule has 0 bridgehead atoms. The Balaban J connectivity index is 2.00. The normalized spacial score (nSPS) is 16.5. The third kappa shape index (κ3) is 4.56. The van der Waals surface area contributed by atoms with Crippen LogP contribution in [0.5, 0.6) is 0 Å². The van der Waals surface area contributed by atoms with Crippen LogP contribution in [0.1, 0.15) is 58.3 Å². The molecule has 1 amide bonds. The Morgan fingerprint density at radius 3 is 2.67 bits per heavy atom. The summed E-state index contributed by atoms with van der Waals surface area (Å²) in [6.45, 7) is 3.81. The van der Waals surface area contributed by atoms with E-state index in [1.54, 1.807) is 39.2 Å². The molecule has 8 heteroatoms. The van der Waals surface area contributed by atoms with Gasteiger partial charge in [-0.3, -0.25) is 4.79 Å². The maximum atomic E-state index is 12.9. The number of benzene rings is 1. The summed E-state index contributed by atoms with van der Waals surface area (Å²) in [6, 6.07) is 7.20. The molecule has 0 aliphatic heterocycles. The Bertz CT molecular complexity index is 997. The van der Waals surface area contributed by atoms with Crippen LogP contribution >= 0.6 is 23.2 Å². The third-order valence-electron chi connectivity index (χ3n) is 5.08. The molecule has 0 fully saturated rings. The first-order valence-electron chi connectivity index (χ1n) is 9.75. The largest absolute Gasteiger partial charge is 0.462 e. The van der Waals surface area contributed by atoms with Gasteiger partial charge in [0, 0.05) is 12.8 Å². The molecule has 2 N–H and O–H groups in total. The summed E-state index contributed by atoms with van der Waals surface area (Å²) in [5, 5.41) is 3.47. The number of carbonyl (C=O) groups excluding carboxylic acids is 2. The van der Waals surface area contributed by atoms with Crippen LogP contribution in [0, 0.1) is 6.92 Å². The maximum Gasteiger partial charge on any atom is 0.338 e. The molecule has 0 radical (unpaired) electrons. The Hall–Kier alpha value is -2.28. The van der Waals surface area contributed by atoms with Gasteiger partial charge in [-0.1, -0.05) is 35.3 Å². The second kappa shape index (κ2) is 9.69. The summed E-state index contributed by atoms with van der Waals surface area (Å²) in [4.78, 5) is 28.0. The average molecular weight is 451 g/mol. The highest BCUT2D eigenvalue weighted by atomic mass is 35.5. The van der Waals surface area contributed by atoms with E-state index in [1.807, 2.05) is 6.07 Å². The second-order valence-corrected chi connectivity index (χ2v) is 7.77. The van der Waals surface area contributed by atoms with Crippen molar-refractivity contribution in [1.29, 1.82) is 0 Å². The van der Waals surface area contributed by atoms with Crippen molar-refractivity contribution in [2.45, 2.75) is 39.2 Å². The molecule has 1 atom stereocenters. The van der Waals surface area contributed by atoms with Crippen LogP contribution in [0.4, 0.5) is 0 Å². The fraction of sp³-hybridized carbons (Fsp3) is 0.364. The molecule has 0 saturated heterocycles. The Morgan fingerprint density at radius 1 is 1.27 bits per heavy atom. The number of esters is 1. The number of ether oxygens (including phenoxy) is 2. The number of carbonyl (C=O) groups is 2. The van der Waals surface area contributed by atoms with Crippen LogP contribution in [-0.4, -0.2) is 36.7 Å². The minimum atomic E-state index is -0.395. The van der Waals surface area contributed by atoms with E-state index in [-0.39, 0.29) is 22.8 Å². The molecule has 0 saturated carbocycles. The van der Waals surface area contributed by atoms with Gasteiger partial charge >= 0.3 is 5.97 Å². The number of nitrogens with one attached hydrogen (secondary N) is 2.